The minimum absolute atomic E-state index is 0.0456. The van der Waals surface area contributed by atoms with Gasteiger partial charge in [-0.1, -0.05) is 18.2 Å². The molecule has 0 radical (unpaired) electrons. The monoisotopic (exact) mass is 261 g/mol. The topological polar surface area (TPSA) is 69.4 Å². The van der Waals surface area contributed by atoms with Crippen LogP contribution in [0.15, 0.2) is 24.3 Å². The minimum atomic E-state index is -3.39. The van der Waals surface area contributed by atoms with E-state index in [-0.39, 0.29) is 18.2 Å². The van der Waals surface area contributed by atoms with Gasteiger partial charge >= 0.3 is 0 Å². The molecule has 1 aromatic rings. The Morgan fingerprint density at radius 1 is 1.24 bits per heavy atom. The summed E-state index contributed by atoms with van der Waals surface area (Å²) in [5.41, 5.74) is 0.499. The lowest BCUT2D eigenvalue weighted by Crippen LogP contribution is -2.16. The lowest BCUT2D eigenvalue weighted by Gasteiger charge is -2.05. The number of sulfonamides is 1. The first-order valence-corrected chi connectivity index (χ1v) is 7.02. The molecule has 2 N–H and O–H groups in total. The molecule has 4 nitrogen and oxygen atoms in total. The Hall–Kier alpha value is -0.980. The van der Waals surface area contributed by atoms with Crippen molar-refractivity contribution in [1.29, 1.82) is 0 Å². The first-order valence-electron chi connectivity index (χ1n) is 5.30. The van der Waals surface area contributed by atoms with Gasteiger partial charge in [-0.2, -0.15) is 0 Å². The van der Waals surface area contributed by atoms with Gasteiger partial charge < -0.3 is 4.74 Å². The maximum Gasteiger partial charge on any atom is 0.209 e. The van der Waals surface area contributed by atoms with Gasteiger partial charge in [0.05, 0.1) is 12.4 Å². The quantitative estimate of drug-likeness (QED) is 0.754. The van der Waals surface area contributed by atoms with Gasteiger partial charge in [-0.05, 0) is 18.9 Å². The lowest BCUT2D eigenvalue weighted by atomic mass is 10.2. The second kappa shape index (κ2) is 6.68. The van der Waals surface area contributed by atoms with Crippen molar-refractivity contribution in [2.75, 3.05) is 12.4 Å². The van der Waals surface area contributed by atoms with E-state index in [9.17, 15) is 12.8 Å². The highest BCUT2D eigenvalue weighted by atomic mass is 32.2. The third kappa shape index (κ3) is 6.35. The van der Waals surface area contributed by atoms with Crippen LogP contribution in [0.3, 0.4) is 0 Å². The summed E-state index contributed by atoms with van der Waals surface area (Å²) in [5, 5.41) is 4.84. The summed E-state index contributed by atoms with van der Waals surface area (Å²) < 4.78 is 39.6. The average molecular weight is 261 g/mol. The van der Waals surface area contributed by atoms with Gasteiger partial charge in [0.1, 0.15) is 5.82 Å². The number of primary sulfonamides is 1. The van der Waals surface area contributed by atoms with E-state index in [1.807, 2.05) is 0 Å². The Morgan fingerprint density at radius 3 is 2.59 bits per heavy atom. The molecule has 17 heavy (non-hydrogen) atoms. The normalized spacial score (nSPS) is 11.6. The number of unbranched alkanes of at least 4 members (excludes halogenated alkanes) is 1. The van der Waals surface area contributed by atoms with E-state index in [2.05, 4.69) is 0 Å². The molecule has 0 aromatic heterocycles. The molecule has 0 saturated heterocycles. The molecular weight excluding hydrogens is 245 g/mol. The number of benzene rings is 1. The summed E-state index contributed by atoms with van der Waals surface area (Å²) in [4.78, 5) is 0. The van der Waals surface area contributed by atoms with Crippen LogP contribution in [0.5, 0.6) is 0 Å². The smallest absolute Gasteiger partial charge is 0.209 e. The van der Waals surface area contributed by atoms with Crippen LogP contribution < -0.4 is 5.14 Å². The third-order valence-corrected chi connectivity index (χ3v) is 3.04. The number of rotatable bonds is 7. The summed E-state index contributed by atoms with van der Waals surface area (Å²) in [6.45, 7) is 0.589. The third-order valence-electron chi connectivity index (χ3n) is 2.18. The molecule has 0 aliphatic rings. The van der Waals surface area contributed by atoms with Gasteiger partial charge in [0.25, 0.3) is 0 Å². The first kappa shape index (κ1) is 14.1. The summed E-state index contributed by atoms with van der Waals surface area (Å²) in [6, 6.07) is 6.38. The number of hydrogen-bond donors (Lipinski definition) is 1. The zero-order valence-electron chi connectivity index (χ0n) is 9.43. The van der Waals surface area contributed by atoms with E-state index >= 15 is 0 Å². The Morgan fingerprint density at radius 2 is 1.94 bits per heavy atom. The van der Waals surface area contributed by atoms with Crippen LogP contribution in [0.25, 0.3) is 0 Å². The molecule has 96 valence electrons. The summed E-state index contributed by atoms with van der Waals surface area (Å²) in [5.74, 6) is -0.340. The highest BCUT2D eigenvalue weighted by molar-refractivity contribution is 7.89. The fraction of sp³-hybridized carbons (Fsp3) is 0.455. The molecule has 0 fully saturated rings. The van der Waals surface area contributed by atoms with Gasteiger partial charge in [-0.15, -0.1) is 0 Å². The fourth-order valence-electron chi connectivity index (χ4n) is 1.30. The molecule has 1 aromatic carbocycles. The van der Waals surface area contributed by atoms with E-state index in [1.54, 1.807) is 18.2 Å². The zero-order valence-corrected chi connectivity index (χ0v) is 10.2. The molecule has 0 unspecified atom stereocenters. The van der Waals surface area contributed by atoms with Crippen molar-refractivity contribution in [3.8, 4) is 0 Å². The molecule has 0 spiro atoms. The first-order chi connectivity index (χ1) is 7.99. The van der Waals surface area contributed by atoms with Gasteiger partial charge in [0.2, 0.25) is 10.0 Å². The van der Waals surface area contributed by atoms with Crippen LogP contribution in [0.1, 0.15) is 18.4 Å². The highest BCUT2D eigenvalue weighted by Gasteiger charge is 2.02. The summed E-state index contributed by atoms with van der Waals surface area (Å²) >= 11 is 0. The standard InChI is InChI=1S/C11H16FNO3S/c12-11-6-2-1-5-10(11)9-16-7-3-4-8-17(13,14)15/h1-2,5-6H,3-4,7-9H2,(H2,13,14,15). The highest BCUT2D eigenvalue weighted by Crippen LogP contribution is 2.07. The van der Waals surface area contributed by atoms with Crippen molar-refractivity contribution in [2.24, 2.45) is 5.14 Å². The maximum absolute atomic E-state index is 13.1. The molecule has 0 aliphatic carbocycles. The molecule has 0 saturated carbocycles. The Labute approximate surface area is 101 Å². The predicted molar refractivity (Wildman–Crippen MR) is 63.3 cm³/mol. The summed E-state index contributed by atoms with van der Waals surface area (Å²) in [7, 11) is -3.39. The zero-order chi connectivity index (χ0) is 12.7. The number of halogens is 1. The number of ether oxygens (including phenoxy) is 1. The van der Waals surface area contributed by atoms with E-state index in [4.69, 9.17) is 9.88 Å². The van der Waals surface area contributed by atoms with Crippen LogP contribution in [-0.4, -0.2) is 20.8 Å². The molecule has 1 rings (SSSR count). The molecule has 0 heterocycles. The second-order valence-corrected chi connectivity index (χ2v) is 5.45. The SMILES string of the molecule is NS(=O)(=O)CCCCOCc1ccccc1F. The van der Waals surface area contributed by atoms with Crippen LogP contribution in [0, 0.1) is 5.82 Å². The molecule has 6 heteroatoms. The van der Waals surface area contributed by atoms with E-state index in [1.165, 1.54) is 6.07 Å². The van der Waals surface area contributed by atoms with Crippen LogP contribution in [0.4, 0.5) is 4.39 Å². The van der Waals surface area contributed by atoms with Crippen LogP contribution in [-0.2, 0) is 21.4 Å². The molecule has 0 aliphatic heterocycles. The van der Waals surface area contributed by atoms with E-state index < -0.39 is 10.0 Å². The Bertz CT molecular complexity index is 448. The van der Waals surface area contributed by atoms with Crippen molar-refractivity contribution in [3.05, 3.63) is 35.6 Å². The predicted octanol–water partition coefficient (Wildman–Crippen LogP) is 1.41. The lowest BCUT2D eigenvalue weighted by molar-refractivity contribution is 0.116. The molecule has 0 bridgehead atoms. The van der Waals surface area contributed by atoms with Crippen molar-refractivity contribution in [2.45, 2.75) is 19.4 Å². The van der Waals surface area contributed by atoms with Crippen molar-refractivity contribution in [1.82, 2.24) is 0 Å². The molecular formula is C11H16FNO3S. The van der Waals surface area contributed by atoms with Crippen molar-refractivity contribution >= 4 is 10.0 Å². The average Bonchev–Trinajstić information content (AvgIpc) is 2.24. The van der Waals surface area contributed by atoms with Crippen LogP contribution in [0.2, 0.25) is 0 Å². The number of hydrogen-bond acceptors (Lipinski definition) is 3. The van der Waals surface area contributed by atoms with Crippen molar-refractivity contribution < 1.29 is 17.5 Å². The number of nitrogens with two attached hydrogens (primary N) is 1. The second-order valence-electron chi connectivity index (χ2n) is 3.72. The van der Waals surface area contributed by atoms with E-state index in [0.717, 1.165) is 0 Å². The molecule has 0 amide bonds. The van der Waals surface area contributed by atoms with Crippen molar-refractivity contribution in [3.63, 3.8) is 0 Å². The van der Waals surface area contributed by atoms with Gasteiger partial charge in [0, 0.05) is 12.2 Å². The Balaban J connectivity index is 2.15. The van der Waals surface area contributed by atoms with E-state index in [0.29, 0.717) is 25.0 Å². The molecule has 0 atom stereocenters. The summed E-state index contributed by atoms with van der Waals surface area (Å²) in [6.07, 6.45) is 1.04. The minimum Gasteiger partial charge on any atom is -0.377 e. The van der Waals surface area contributed by atoms with Gasteiger partial charge in [-0.25, -0.2) is 17.9 Å². The Kier molecular flexibility index (Phi) is 5.54. The van der Waals surface area contributed by atoms with Gasteiger partial charge in [0.15, 0.2) is 0 Å². The van der Waals surface area contributed by atoms with Gasteiger partial charge in [-0.3, -0.25) is 0 Å². The fourth-order valence-corrected chi connectivity index (χ4v) is 1.91. The largest absolute Gasteiger partial charge is 0.377 e. The van der Waals surface area contributed by atoms with Crippen LogP contribution >= 0.6 is 0 Å². The maximum atomic E-state index is 13.1.